The SMILES string of the molecule is C/C=C(\N)N(C)CC. The second kappa shape index (κ2) is 3.36. The maximum Gasteiger partial charge on any atom is 0.0939 e. The number of nitrogens with zero attached hydrogens (tertiary/aromatic N) is 1. The van der Waals surface area contributed by atoms with Gasteiger partial charge in [0.15, 0.2) is 0 Å². The highest BCUT2D eigenvalue weighted by Gasteiger charge is 1.90. The second-order valence-electron chi connectivity index (χ2n) is 1.73. The molecule has 0 aliphatic heterocycles. The maximum atomic E-state index is 5.51. The van der Waals surface area contributed by atoms with Crippen molar-refractivity contribution in [3.8, 4) is 0 Å². The van der Waals surface area contributed by atoms with Gasteiger partial charge in [-0.25, -0.2) is 0 Å². The average Bonchev–Trinajstić information content (AvgIpc) is 1.84. The lowest BCUT2D eigenvalue weighted by atomic mass is 10.5. The van der Waals surface area contributed by atoms with E-state index in [9.17, 15) is 0 Å². The summed E-state index contributed by atoms with van der Waals surface area (Å²) in [5.41, 5.74) is 5.51. The molecule has 0 aliphatic rings. The molecule has 0 aliphatic carbocycles. The van der Waals surface area contributed by atoms with Crippen LogP contribution < -0.4 is 5.73 Å². The summed E-state index contributed by atoms with van der Waals surface area (Å²) < 4.78 is 0. The standard InChI is InChI=1S/C6H14N2/c1-4-6(7)8(3)5-2/h4H,5,7H2,1-3H3/b6-4+. The van der Waals surface area contributed by atoms with E-state index in [0.717, 1.165) is 12.4 Å². The summed E-state index contributed by atoms with van der Waals surface area (Å²) in [5.74, 6) is 0.840. The van der Waals surface area contributed by atoms with E-state index in [4.69, 9.17) is 5.73 Å². The van der Waals surface area contributed by atoms with Gasteiger partial charge >= 0.3 is 0 Å². The Balaban J connectivity index is 3.63. The Hall–Kier alpha value is -0.660. The minimum Gasteiger partial charge on any atom is -0.386 e. The number of allylic oxidation sites excluding steroid dienone is 1. The molecular formula is C6H14N2. The predicted octanol–water partition coefficient (Wildman–Crippen LogP) is 0.758. The van der Waals surface area contributed by atoms with Gasteiger partial charge in [-0.15, -0.1) is 0 Å². The van der Waals surface area contributed by atoms with Crippen LogP contribution in [0.1, 0.15) is 13.8 Å². The molecule has 2 nitrogen and oxygen atoms in total. The lowest BCUT2D eigenvalue weighted by molar-refractivity contribution is 0.436. The first kappa shape index (κ1) is 7.34. The molecule has 8 heavy (non-hydrogen) atoms. The van der Waals surface area contributed by atoms with E-state index in [1.165, 1.54) is 0 Å². The van der Waals surface area contributed by atoms with Crippen LogP contribution in [0, 0.1) is 0 Å². The molecule has 2 N–H and O–H groups in total. The van der Waals surface area contributed by atoms with Crippen molar-refractivity contribution in [2.24, 2.45) is 5.73 Å². The minimum absolute atomic E-state index is 0.840. The van der Waals surface area contributed by atoms with E-state index in [0.29, 0.717) is 0 Å². The molecule has 0 aromatic carbocycles. The fraction of sp³-hybridized carbons (Fsp3) is 0.667. The summed E-state index contributed by atoms with van der Waals surface area (Å²) >= 11 is 0. The fourth-order valence-electron chi connectivity index (χ4n) is 0.403. The summed E-state index contributed by atoms with van der Waals surface area (Å²) in [6.07, 6.45) is 1.89. The normalized spacial score (nSPS) is 11.6. The first-order valence-corrected chi connectivity index (χ1v) is 2.85. The third-order valence-corrected chi connectivity index (χ3v) is 1.21. The van der Waals surface area contributed by atoms with Gasteiger partial charge in [0.2, 0.25) is 0 Å². The highest BCUT2D eigenvalue weighted by Crippen LogP contribution is 1.88. The zero-order valence-electron chi connectivity index (χ0n) is 5.81. The van der Waals surface area contributed by atoms with Crippen LogP contribution in [-0.4, -0.2) is 18.5 Å². The minimum atomic E-state index is 0.840. The van der Waals surface area contributed by atoms with Crippen LogP contribution in [0.4, 0.5) is 0 Å². The molecule has 0 amide bonds. The van der Waals surface area contributed by atoms with Crippen molar-refractivity contribution in [1.82, 2.24) is 4.90 Å². The molecule has 0 bridgehead atoms. The van der Waals surface area contributed by atoms with E-state index < -0.39 is 0 Å². The highest BCUT2D eigenvalue weighted by atomic mass is 15.2. The molecular weight excluding hydrogens is 100 g/mol. The van der Waals surface area contributed by atoms with E-state index in [1.54, 1.807) is 0 Å². The smallest absolute Gasteiger partial charge is 0.0939 e. The monoisotopic (exact) mass is 114 g/mol. The van der Waals surface area contributed by atoms with Gasteiger partial charge in [0.1, 0.15) is 0 Å². The Kier molecular flexibility index (Phi) is 3.08. The highest BCUT2D eigenvalue weighted by molar-refractivity contribution is 4.90. The van der Waals surface area contributed by atoms with E-state index in [2.05, 4.69) is 6.92 Å². The lowest BCUT2D eigenvalue weighted by Gasteiger charge is -2.15. The van der Waals surface area contributed by atoms with Gasteiger partial charge in [-0.3, -0.25) is 0 Å². The summed E-state index contributed by atoms with van der Waals surface area (Å²) in [5, 5.41) is 0. The molecule has 0 unspecified atom stereocenters. The van der Waals surface area contributed by atoms with Crippen LogP contribution in [0.3, 0.4) is 0 Å². The second-order valence-corrected chi connectivity index (χ2v) is 1.73. The van der Waals surface area contributed by atoms with Gasteiger partial charge in [0.25, 0.3) is 0 Å². The Bertz CT molecular complexity index is 86.5. The molecule has 0 radical (unpaired) electrons. The largest absolute Gasteiger partial charge is 0.386 e. The van der Waals surface area contributed by atoms with E-state index in [-0.39, 0.29) is 0 Å². The van der Waals surface area contributed by atoms with Crippen LogP contribution in [-0.2, 0) is 0 Å². The molecule has 0 fully saturated rings. The molecule has 48 valence electrons. The fourth-order valence-corrected chi connectivity index (χ4v) is 0.403. The van der Waals surface area contributed by atoms with Crippen LogP contribution in [0.2, 0.25) is 0 Å². The molecule has 0 saturated carbocycles. The van der Waals surface area contributed by atoms with Gasteiger partial charge in [-0.05, 0) is 19.9 Å². The van der Waals surface area contributed by atoms with Crippen molar-refractivity contribution in [2.75, 3.05) is 13.6 Å². The summed E-state index contributed by atoms with van der Waals surface area (Å²) in [4.78, 5) is 1.99. The van der Waals surface area contributed by atoms with Crippen molar-refractivity contribution in [3.63, 3.8) is 0 Å². The van der Waals surface area contributed by atoms with Gasteiger partial charge in [0.05, 0.1) is 5.82 Å². The third kappa shape index (κ3) is 1.87. The topological polar surface area (TPSA) is 29.3 Å². The summed E-state index contributed by atoms with van der Waals surface area (Å²) in [6, 6.07) is 0. The van der Waals surface area contributed by atoms with Crippen molar-refractivity contribution in [2.45, 2.75) is 13.8 Å². The van der Waals surface area contributed by atoms with Crippen molar-refractivity contribution < 1.29 is 0 Å². The van der Waals surface area contributed by atoms with Gasteiger partial charge in [0, 0.05) is 13.6 Å². The van der Waals surface area contributed by atoms with Crippen molar-refractivity contribution in [3.05, 3.63) is 11.9 Å². The van der Waals surface area contributed by atoms with Crippen LogP contribution >= 0.6 is 0 Å². The Morgan fingerprint density at radius 1 is 1.75 bits per heavy atom. The number of rotatable bonds is 2. The average molecular weight is 114 g/mol. The Labute approximate surface area is 51.0 Å². The number of hydrogen-bond acceptors (Lipinski definition) is 2. The number of hydrogen-bond donors (Lipinski definition) is 1. The zero-order valence-corrected chi connectivity index (χ0v) is 5.81. The van der Waals surface area contributed by atoms with Crippen LogP contribution in [0.5, 0.6) is 0 Å². The number of nitrogens with two attached hydrogens (primary N) is 1. The molecule has 0 spiro atoms. The molecule has 0 rings (SSSR count). The lowest BCUT2D eigenvalue weighted by Crippen LogP contribution is -2.22. The first-order chi connectivity index (χ1) is 3.72. The Morgan fingerprint density at radius 3 is 2.38 bits per heavy atom. The molecule has 0 aromatic heterocycles. The summed E-state index contributed by atoms with van der Waals surface area (Å²) in [6.45, 7) is 4.97. The van der Waals surface area contributed by atoms with Crippen molar-refractivity contribution >= 4 is 0 Å². The van der Waals surface area contributed by atoms with Gasteiger partial charge < -0.3 is 10.6 Å². The van der Waals surface area contributed by atoms with Crippen LogP contribution in [0.15, 0.2) is 11.9 Å². The zero-order chi connectivity index (χ0) is 6.57. The quantitative estimate of drug-likeness (QED) is 0.574. The molecule has 0 aromatic rings. The van der Waals surface area contributed by atoms with Crippen LogP contribution in [0.25, 0.3) is 0 Å². The molecule has 0 atom stereocenters. The molecule has 2 heteroatoms. The molecule has 0 heterocycles. The maximum absolute atomic E-state index is 5.51. The van der Waals surface area contributed by atoms with Gasteiger partial charge in [-0.2, -0.15) is 0 Å². The first-order valence-electron chi connectivity index (χ1n) is 2.85. The van der Waals surface area contributed by atoms with Crippen molar-refractivity contribution in [1.29, 1.82) is 0 Å². The van der Waals surface area contributed by atoms with Gasteiger partial charge in [-0.1, -0.05) is 0 Å². The molecule has 0 saturated heterocycles. The third-order valence-electron chi connectivity index (χ3n) is 1.21. The Morgan fingerprint density at radius 2 is 2.25 bits per heavy atom. The van der Waals surface area contributed by atoms with E-state index >= 15 is 0 Å². The summed E-state index contributed by atoms with van der Waals surface area (Å²) in [7, 11) is 1.97. The van der Waals surface area contributed by atoms with E-state index in [1.807, 2.05) is 24.9 Å². The predicted molar refractivity (Wildman–Crippen MR) is 36.2 cm³/mol.